The van der Waals surface area contributed by atoms with E-state index in [2.05, 4.69) is 30.2 Å². The normalized spacial score (nSPS) is 20.1. The van der Waals surface area contributed by atoms with Crippen LogP contribution >= 0.6 is 0 Å². The Morgan fingerprint density at radius 3 is 2.84 bits per heavy atom. The Kier molecular flexibility index (Phi) is 4.97. The molecule has 9 nitrogen and oxygen atoms in total. The van der Waals surface area contributed by atoms with Crippen LogP contribution in [-0.4, -0.2) is 64.6 Å². The lowest BCUT2D eigenvalue weighted by Crippen LogP contribution is -2.20. The van der Waals surface area contributed by atoms with E-state index >= 15 is 0 Å². The van der Waals surface area contributed by atoms with Crippen molar-refractivity contribution in [1.82, 2.24) is 24.8 Å². The third kappa shape index (κ3) is 4.05. The van der Waals surface area contributed by atoms with E-state index in [1.54, 1.807) is 7.11 Å². The Bertz CT molecular complexity index is 1130. The molecular weight excluding hydrogens is 396 g/mol. The Morgan fingerprint density at radius 2 is 2.10 bits per heavy atom. The van der Waals surface area contributed by atoms with Crippen LogP contribution in [0.5, 0.6) is 11.8 Å². The molecule has 1 amide bonds. The van der Waals surface area contributed by atoms with Gasteiger partial charge < -0.3 is 24.7 Å². The number of anilines is 1. The van der Waals surface area contributed by atoms with Crippen molar-refractivity contribution in [3.8, 4) is 22.9 Å². The summed E-state index contributed by atoms with van der Waals surface area (Å²) >= 11 is 0. The lowest BCUT2D eigenvalue weighted by Gasteiger charge is -2.12. The molecule has 5 rings (SSSR count). The van der Waals surface area contributed by atoms with Crippen LogP contribution in [0, 0.1) is 11.8 Å². The van der Waals surface area contributed by atoms with Crippen LogP contribution < -0.4 is 14.8 Å². The van der Waals surface area contributed by atoms with E-state index in [9.17, 15) is 4.79 Å². The number of carbonyl (C=O) groups excluding carboxylic acids is 1. The van der Waals surface area contributed by atoms with Crippen molar-refractivity contribution in [1.29, 1.82) is 0 Å². The quantitative estimate of drug-likeness (QED) is 0.570. The highest BCUT2D eigenvalue weighted by atomic mass is 16.5. The maximum Gasteiger partial charge on any atom is 0.228 e. The third-order valence-corrected chi connectivity index (χ3v) is 5.69. The van der Waals surface area contributed by atoms with Crippen molar-refractivity contribution in [2.75, 3.05) is 33.1 Å². The predicted octanol–water partition coefficient (Wildman–Crippen LogP) is 3.20. The van der Waals surface area contributed by atoms with Gasteiger partial charge in [-0.2, -0.15) is 0 Å². The van der Waals surface area contributed by atoms with Gasteiger partial charge in [0.05, 0.1) is 7.11 Å². The van der Waals surface area contributed by atoms with E-state index < -0.39 is 0 Å². The van der Waals surface area contributed by atoms with Crippen LogP contribution in [0.3, 0.4) is 0 Å². The number of nitrogens with zero attached hydrogens (tertiary/aromatic N) is 4. The summed E-state index contributed by atoms with van der Waals surface area (Å²) in [6.45, 7) is 0.927. The fraction of sp³-hybridized carbons (Fsp3) is 0.455. The van der Waals surface area contributed by atoms with Crippen LogP contribution in [-0.2, 0) is 4.79 Å². The minimum absolute atomic E-state index is 0. The van der Waals surface area contributed by atoms with Crippen LogP contribution in [0.25, 0.3) is 22.2 Å². The first kappa shape index (κ1) is 19.7. The number of pyridine rings is 1. The number of H-pyrrole nitrogens is 1. The minimum atomic E-state index is 0. The number of hydrogen-bond donors (Lipinski definition) is 2. The number of hydrogen-bond acceptors (Lipinski definition) is 7. The summed E-state index contributed by atoms with van der Waals surface area (Å²) in [7, 11) is 5.63. The fourth-order valence-electron chi connectivity index (χ4n) is 3.91. The highest BCUT2D eigenvalue weighted by Gasteiger charge is 2.43. The summed E-state index contributed by atoms with van der Waals surface area (Å²) < 4.78 is 11.5. The van der Waals surface area contributed by atoms with Crippen molar-refractivity contribution in [2.24, 2.45) is 11.8 Å². The van der Waals surface area contributed by atoms with Gasteiger partial charge in [-0.25, -0.2) is 15.0 Å². The molecule has 0 radical (unpaired) electrons. The molecule has 0 spiro atoms. The second-order valence-electron chi connectivity index (χ2n) is 8.53. The van der Waals surface area contributed by atoms with Crippen LogP contribution in [0.1, 0.15) is 22.1 Å². The predicted molar refractivity (Wildman–Crippen MR) is 120 cm³/mol. The van der Waals surface area contributed by atoms with E-state index in [4.69, 9.17) is 9.47 Å². The van der Waals surface area contributed by atoms with Crippen LogP contribution in [0.2, 0.25) is 0 Å². The van der Waals surface area contributed by atoms with Crippen molar-refractivity contribution in [3.05, 3.63) is 24.7 Å². The number of methoxy groups -OCH3 is 1. The largest absolute Gasteiger partial charge is 0.480 e. The van der Waals surface area contributed by atoms with E-state index in [-0.39, 0.29) is 20.8 Å². The van der Waals surface area contributed by atoms with E-state index in [0.717, 1.165) is 36.8 Å². The number of rotatable bonds is 8. The Morgan fingerprint density at radius 1 is 1.29 bits per heavy atom. The molecule has 166 valence electrons. The second kappa shape index (κ2) is 7.81. The summed E-state index contributed by atoms with van der Waals surface area (Å²) in [5.41, 5.74) is 2.21. The number of nitrogens with one attached hydrogen (secondary N) is 2. The molecule has 31 heavy (non-hydrogen) atoms. The highest BCUT2D eigenvalue weighted by Crippen LogP contribution is 2.42. The van der Waals surface area contributed by atoms with Crippen molar-refractivity contribution < 1.29 is 17.1 Å². The van der Waals surface area contributed by atoms with Crippen LogP contribution in [0.4, 0.5) is 5.82 Å². The maximum atomic E-state index is 12.5. The van der Waals surface area contributed by atoms with Gasteiger partial charge in [-0.05, 0) is 51.4 Å². The number of amides is 1. The summed E-state index contributed by atoms with van der Waals surface area (Å²) in [5, 5.41) is 3.83. The number of aromatic nitrogens is 4. The van der Waals surface area contributed by atoms with Gasteiger partial charge >= 0.3 is 0 Å². The first-order valence-corrected chi connectivity index (χ1v) is 10.5. The van der Waals surface area contributed by atoms with Gasteiger partial charge in [-0.3, -0.25) is 4.79 Å². The molecule has 2 fully saturated rings. The number of ether oxygens (including phenoxy) is 2. The molecule has 0 aliphatic heterocycles. The third-order valence-electron chi connectivity index (χ3n) is 5.69. The zero-order chi connectivity index (χ0) is 21.5. The Labute approximate surface area is 183 Å². The van der Waals surface area contributed by atoms with Crippen molar-refractivity contribution in [2.45, 2.75) is 25.4 Å². The summed E-state index contributed by atoms with van der Waals surface area (Å²) in [4.78, 5) is 31.0. The first-order chi connectivity index (χ1) is 15.0. The molecule has 2 aliphatic carbocycles. The van der Waals surface area contributed by atoms with Crippen molar-refractivity contribution in [3.63, 3.8) is 0 Å². The molecule has 3 aromatic rings. The standard InChI is InChI=1S/C22H26N6O3.2H2/c1-28(2)10-12-8-15(12)20(29)27-17-7-6-14-16(9-23-19(14)26-17)18-21(30-3)24-11-25-22(18)31-13-4-5-13;;/h6-7,9,11-13,15H,4-5,8,10H2,1-3H3,(H2,23,26,27,29);2*1H/t12-,15+;;/m1../s1. The number of carbonyl (C=O) groups is 1. The lowest BCUT2D eigenvalue weighted by molar-refractivity contribution is -0.117. The van der Waals surface area contributed by atoms with Gasteiger partial charge in [-0.1, -0.05) is 0 Å². The molecule has 0 unspecified atom stereocenters. The zero-order valence-corrected chi connectivity index (χ0v) is 17.9. The molecule has 3 aromatic heterocycles. The molecular formula is C22H30N6O3. The summed E-state index contributed by atoms with van der Waals surface area (Å²) in [6, 6.07) is 3.75. The molecule has 2 atom stereocenters. The lowest BCUT2D eigenvalue weighted by atomic mass is 10.1. The molecule has 0 aromatic carbocycles. The Hall–Kier alpha value is -3.20. The maximum absolute atomic E-state index is 12.5. The summed E-state index contributed by atoms with van der Waals surface area (Å²) in [5.74, 6) is 2.01. The van der Waals surface area contributed by atoms with Gasteiger partial charge in [0.15, 0.2) is 0 Å². The van der Waals surface area contributed by atoms with Gasteiger partial charge in [0.2, 0.25) is 17.7 Å². The molecule has 0 bridgehead atoms. The molecule has 2 saturated carbocycles. The molecule has 2 N–H and O–H groups in total. The average Bonchev–Trinajstić information content (AvgIpc) is 3.66. The molecule has 0 saturated heterocycles. The number of fused-ring (bicyclic) bond motifs is 1. The first-order valence-electron chi connectivity index (χ1n) is 10.5. The summed E-state index contributed by atoms with van der Waals surface area (Å²) in [6.07, 6.45) is 6.47. The van der Waals surface area contributed by atoms with E-state index in [0.29, 0.717) is 34.7 Å². The van der Waals surface area contributed by atoms with Gasteiger partial charge in [0, 0.05) is 32.5 Å². The molecule has 9 heteroatoms. The SMILES string of the molecule is COc1ncnc(OC2CC2)c1-c1c[nH]c2nc(NC(=O)[C@H]3C[C@@H]3CN(C)C)ccc12.[HH].[HH]. The smallest absolute Gasteiger partial charge is 0.228 e. The zero-order valence-electron chi connectivity index (χ0n) is 17.9. The minimum Gasteiger partial charge on any atom is -0.480 e. The number of aromatic amines is 1. The second-order valence-corrected chi connectivity index (χ2v) is 8.53. The monoisotopic (exact) mass is 426 g/mol. The van der Waals surface area contributed by atoms with Crippen LogP contribution in [0.15, 0.2) is 24.7 Å². The average molecular weight is 427 g/mol. The Balaban J connectivity index is 0.00000153. The van der Waals surface area contributed by atoms with E-state index in [1.807, 2.05) is 32.4 Å². The molecule has 2 aliphatic rings. The van der Waals surface area contributed by atoms with Gasteiger partial charge in [0.25, 0.3) is 0 Å². The molecule has 3 heterocycles. The highest BCUT2D eigenvalue weighted by molar-refractivity contribution is 5.99. The topological polar surface area (TPSA) is 105 Å². The van der Waals surface area contributed by atoms with Crippen molar-refractivity contribution >= 4 is 22.8 Å². The van der Waals surface area contributed by atoms with Gasteiger partial charge in [-0.15, -0.1) is 0 Å². The van der Waals surface area contributed by atoms with E-state index in [1.165, 1.54) is 6.33 Å². The fourth-order valence-corrected chi connectivity index (χ4v) is 3.91. The van der Waals surface area contributed by atoms with Gasteiger partial charge in [0.1, 0.15) is 29.5 Å².